The maximum Gasteiger partial charge on any atom is 0.276 e. The molecule has 168 valence electrons. The van der Waals surface area contributed by atoms with Crippen LogP contribution in [0, 0.1) is 5.92 Å². The van der Waals surface area contributed by atoms with Crippen molar-refractivity contribution in [2.45, 2.75) is 32.1 Å². The number of carbonyl (C=O) groups excluding carboxylic acids is 1. The van der Waals surface area contributed by atoms with Gasteiger partial charge in [-0.15, -0.1) is 0 Å². The van der Waals surface area contributed by atoms with Crippen molar-refractivity contribution in [3.63, 3.8) is 0 Å². The molecule has 1 amide bonds. The third-order valence-corrected chi connectivity index (χ3v) is 5.31. The average Bonchev–Trinajstić information content (AvgIpc) is 3.54. The molecular weight excluding hydrogens is 418 g/mol. The van der Waals surface area contributed by atoms with E-state index in [0.717, 1.165) is 19.0 Å². The number of rotatable bonds is 8. The first kappa shape index (κ1) is 21.7. The largest absolute Gasteiger partial charge is 0.494 e. The molecule has 0 bridgehead atoms. The lowest BCUT2D eigenvalue weighted by Gasteiger charge is -2.21. The van der Waals surface area contributed by atoms with Crippen LogP contribution in [0.15, 0.2) is 36.7 Å². The second kappa shape index (κ2) is 8.52. The number of halogens is 2. The molecule has 2 N–H and O–H groups in total. The number of methoxy groups -OCH3 is 1. The van der Waals surface area contributed by atoms with Crippen LogP contribution in [0.25, 0.3) is 11.3 Å². The van der Waals surface area contributed by atoms with Crippen molar-refractivity contribution >= 4 is 23.1 Å². The standard InChI is InChI=1S/C22H24F2N6O2/c1-4-22(23,24)15-11-25-19(28-21(31)13-8-9-13)10-17(15)27-16-7-5-6-14(20(16)32-3)18-12-26-30(2)29-18/h5-7,10-13H,4,8-9H2,1-3H3,(H2,25,27,28,31). The van der Waals surface area contributed by atoms with Crippen LogP contribution in [0.1, 0.15) is 31.7 Å². The van der Waals surface area contributed by atoms with Gasteiger partial charge in [0, 0.05) is 37.2 Å². The van der Waals surface area contributed by atoms with Gasteiger partial charge in [0.15, 0.2) is 5.75 Å². The van der Waals surface area contributed by atoms with E-state index in [1.165, 1.54) is 24.9 Å². The minimum atomic E-state index is -3.11. The van der Waals surface area contributed by atoms with E-state index < -0.39 is 12.3 Å². The van der Waals surface area contributed by atoms with Crippen LogP contribution in [-0.2, 0) is 17.8 Å². The third-order valence-electron chi connectivity index (χ3n) is 5.31. The molecule has 2 heterocycles. The summed E-state index contributed by atoms with van der Waals surface area (Å²) in [5.41, 5.74) is 1.57. The number of carbonyl (C=O) groups is 1. The number of alkyl halides is 2. The zero-order chi connectivity index (χ0) is 22.9. The molecule has 0 aliphatic heterocycles. The number of pyridine rings is 1. The summed E-state index contributed by atoms with van der Waals surface area (Å²) in [7, 11) is 3.20. The summed E-state index contributed by atoms with van der Waals surface area (Å²) in [6.07, 6.45) is 3.96. The van der Waals surface area contributed by atoms with Gasteiger partial charge in [-0.25, -0.2) is 13.8 Å². The fraction of sp³-hybridized carbons (Fsp3) is 0.364. The Balaban J connectivity index is 1.74. The number of benzene rings is 1. The van der Waals surface area contributed by atoms with Crippen molar-refractivity contribution < 1.29 is 18.3 Å². The van der Waals surface area contributed by atoms with Crippen molar-refractivity contribution in [2.24, 2.45) is 13.0 Å². The summed E-state index contributed by atoms with van der Waals surface area (Å²) in [5, 5.41) is 14.1. The summed E-state index contributed by atoms with van der Waals surface area (Å²) in [5.74, 6) is -2.65. The summed E-state index contributed by atoms with van der Waals surface area (Å²) in [6, 6.07) is 6.72. The molecule has 1 aromatic carbocycles. The first-order chi connectivity index (χ1) is 15.3. The molecule has 1 saturated carbocycles. The zero-order valence-corrected chi connectivity index (χ0v) is 18.0. The Morgan fingerprint density at radius 2 is 2.06 bits per heavy atom. The van der Waals surface area contributed by atoms with Crippen molar-refractivity contribution in [2.75, 3.05) is 17.7 Å². The number of para-hydroxylation sites is 1. The Morgan fingerprint density at radius 3 is 2.69 bits per heavy atom. The SMILES string of the molecule is CCC(F)(F)c1cnc(NC(=O)C2CC2)cc1Nc1cccc(-c2cnn(C)n2)c1OC. The maximum absolute atomic E-state index is 14.7. The molecular formula is C22H24F2N6O2. The number of ether oxygens (including phenoxy) is 1. The lowest BCUT2D eigenvalue weighted by atomic mass is 10.1. The lowest BCUT2D eigenvalue weighted by molar-refractivity contribution is -0.117. The van der Waals surface area contributed by atoms with Gasteiger partial charge in [-0.3, -0.25) is 4.79 Å². The van der Waals surface area contributed by atoms with Crippen molar-refractivity contribution in [3.05, 3.63) is 42.2 Å². The minimum absolute atomic E-state index is 0.0336. The van der Waals surface area contributed by atoms with Gasteiger partial charge in [0.1, 0.15) is 11.5 Å². The highest BCUT2D eigenvalue weighted by Crippen LogP contribution is 2.42. The van der Waals surface area contributed by atoms with E-state index in [1.54, 1.807) is 25.4 Å². The van der Waals surface area contributed by atoms with E-state index >= 15 is 0 Å². The summed E-state index contributed by atoms with van der Waals surface area (Å²) < 4.78 is 35.0. The van der Waals surface area contributed by atoms with Crippen LogP contribution >= 0.6 is 0 Å². The molecule has 4 rings (SSSR count). The summed E-state index contributed by atoms with van der Waals surface area (Å²) >= 11 is 0. The van der Waals surface area contributed by atoms with Crippen LogP contribution in [0.3, 0.4) is 0 Å². The number of anilines is 3. The molecule has 1 aliphatic carbocycles. The molecule has 3 aromatic rings. The molecule has 32 heavy (non-hydrogen) atoms. The van der Waals surface area contributed by atoms with Gasteiger partial charge in [-0.05, 0) is 25.0 Å². The molecule has 0 atom stereocenters. The molecule has 10 heteroatoms. The van der Waals surface area contributed by atoms with Gasteiger partial charge in [0.25, 0.3) is 5.92 Å². The fourth-order valence-electron chi connectivity index (χ4n) is 3.35. The smallest absolute Gasteiger partial charge is 0.276 e. The molecule has 1 fully saturated rings. The highest BCUT2D eigenvalue weighted by molar-refractivity contribution is 5.94. The molecule has 0 radical (unpaired) electrons. The monoisotopic (exact) mass is 442 g/mol. The highest BCUT2D eigenvalue weighted by atomic mass is 19.3. The second-order valence-corrected chi connectivity index (χ2v) is 7.67. The first-order valence-electron chi connectivity index (χ1n) is 10.3. The Hall–Kier alpha value is -3.56. The van der Waals surface area contributed by atoms with E-state index in [4.69, 9.17) is 4.74 Å². The number of aromatic nitrogens is 4. The molecule has 8 nitrogen and oxygen atoms in total. The maximum atomic E-state index is 14.7. The van der Waals surface area contributed by atoms with Crippen LogP contribution in [0.5, 0.6) is 5.75 Å². The fourth-order valence-corrected chi connectivity index (χ4v) is 3.35. The van der Waals surface area contributed by atoms with Gasteiger partial charge >= 0.3 is 0 Å². The zero-order valence-electron chi connectivity index (χ0n) is 18.0. The predicted octanol–water partition coefficient (Wildman–Crippen LogP) is 4.48. The van der Waals surface area contributed by atoms with Crippen LogP contribution < -0.4 is 15.4 Å². The highest BCUT2D eigenvalue weighted by Gasteiger charge is 2.34. The van der Waals surface area contributed by atoms with Crippen LogP contribution in [-0.4, -0.2) is 33.0 Å². The minimum Gasteiger partial charge on any atom is -0.494 e. The normalized spacial score (nSPS) is 13.7. The Bertz CT molecular complexity index is 1140. The molecule has 0 unspecified atom stereocenters. The van der Waals surface area contributed by atoms with Crippen molar-refractivity contribution in [1.29, 1.82) is 0 Å². The van der Waals surface area contributed by atoms with Gasteiger partial charge in [0.05, 0.1) is 30.2 Å². The molecule has 0 saturated heterocycles. The van der Waals surface area contributed by atoms with Crippen LogP contribution in [0.2, 0.25) is 0 Å². The van der Waals surface area contributed by atoms with Gasteiger partial charge in [0.2, 0.25) is 5.91 Å². The van der Waals surface area contributed by atoms with Crippen molar-refractivity contribution in [3.8, 4) is 17.0 Å². The topological polar surface area (TPSA) is 94.0 Å². The Morgan fingerprint density at radius 1 is 1.28 bits per heavy atom. The number of amides is 1. The summed E-state index contributed by atoms with van der Waals surface area (Å²) in [4.78, 5) is 17.6. The van der Waals surface area contributed by atoms with Gasteiger partial charge in [-0.2, -0.15) is 15.0 Å². The van der Waals surface area contributed by atoms with E-state index in [-0.39, 0.29) is 28.9 Å². The van der Waals surface area contributed by atoms with E-state index in [9.17, 15) is 13.6 Å². The van der Waals surface area contributed by atoms with E-state index in [0.29, 0.717) is 22.7 Å². The number of nitrogens with one attached hydrogen (secondary N) is 2. The predicted molar refractivity (Wildman–Crippen MR) is 116 cm³/mol. The molecule has 1 aliphatic rings. The van der Waals surface area contributed by atoms with Crippen LogP contribution in [0.4, 0.5) is 26.0 Å². The lowest BCUT2D eigenvalue weighted by Crippen LogP contribution is -2.18. The van der Waals surface area contributed by atoms with Gasteiger partial charge in [-0.1, -0.05) is 13.0 Å². The number of hydrogen-bond donors (Lipinski definition) is 2. The number of aryl methyl sites for hydroxylation is 1. The average molecular weight is 442 g/mol. The van der Waals surface area contributed by atoms with Crippen molar-refractivity contribution in [1.82, 2.24) is 20.0 Å². The van der Waals surface area contributed by atoms with Gasteiger partial charge < -0.3 is 15.4 Å². The Kier molecular flexibility index (Phi) is 5.77. The number of hydrogen-bond acceptors (Lipinski definition) is 6. The van der Waals surface area contributed by atoms with E-state index in [2.05, 4.69) is 25.8 Å². The first-order valence-corrected chi connectivity index (χ1v) is 10.3. The second-order valence-electron chi connectivity index (χ2n) is 7.67. The third kappa shape index (κ3) is 4.39. The quantitative estimate of drug-likeness (QED) is 0.534. The molecule has 0 spiro atoms. The Labute approximate surface area is 184 Å². The number of nitrogens with zero attached hydrogens (tertiary/aromatic N) is 4. The van der Waals surface area contributed by atoms with E-state index in [1.807, 2.05) is 6.07 Å². The summed E-state index contributed by atoms with van der Waals surface area (Å²) in [6.45, 7) is 1.40. The molecule has 2 aromatic heterocycles.